The summed E-state index contributed by atoms with van der Waals surface area (Å²) in [5, 5.41) is 2.99. The summed E-state index contributed by atoms with van der Waals surface area (Å²) in [6.45, 7) is 1.75. The Bertz CT molecular complexity index is 476. The van der Waals surface area contributed by atoms with Crippen LogP contribution in [0.2, 0.25) is 0 Å². The van der Waals surface area contributed by atoms with Crippen molar-refractivity contribution in [3.05, 3.63) is 29.8 Å². The average Bonchev–Trinajstić information content (AvgIpc) is 2.48. The van der Waals surface area contributed by atoms with Crippen LogP contribution in [-0.2, 0) is 11.3 Å². The number of nitrogens with zero attached hydrogens (tertiary/aromatic N) is 1. The van der Waals surface area contributed by atoms with Crippen LogP contribution in [0, 0.1) is 0 Å². The third-order valence-electron chi connectivity index (χ3n) is 2.92. The number of nitrogens with one attached hydrogen (secondary N) is 1. The fraction of sp³-hybridized carbons (Fsp3) is 0.533. The second-order valence-electron chi connectivity index (χ2n) is 4.87. The van der Waals surface area contributed by atoms with Crippen molar-refractivity contribution in [2.24, 2.45) is 10.7 Å². The van der Waals surface area contributed by atoms with E-state index in [1.165, 1.54) is 24.3 Å². The van der Waals surface area contributed by atoms with E-state index in [0.717, 1.165) is 38.0 Å². The predicted octanol–water partition coefficient (Wildman–Crippen LogP) is 2.81. The van der Waals surface area contributed by atoms with Gasteiger partial charge < -0.3 is 20.5 Å². The fourth-order valence-electron chi connectivity index (χ4n) is 1.79. The quantitative estimate of drug-likeness (QED) is 0.414. The van der Waals surface area contributed by atoms with Gasteiger partial charge in [-0.3, -0.25) is 0 Å². The van der Waals surface area contributed by atoms with Crippen molar-refractivity contribution in [1.82, 2.24) is 5.32 Å². The molecule has 0 aliphatic carbocycles. The number of ether oxygens (including phenoxy) is 2. The zero-order chi connectivity index (χ0) is 17.1. The SMILES string of the molecule is COCCCCCNC(N)=NCc1ccc(OC(F)(F)F)cc1. The summed E-state index contributed by atoms with van der Waals surface area (Å²) in [5.74, 6) is 0.0553. The number of guanidine groups is 1. The number of unbranched alkanes of at least 4 members (excludes halogenated alkanes) is 2. The van der Waals surface area contributed by atoms with E-state index in [2.05, 4.69) is 15.0 Å². The van der Waals surface area contributed by atoms with E-state index in [4.69, 9.17) is 10.5 Å². The van der Waals surface area contributed by atoms with Crippen molar-refractivity contribution in [3.8, 4) is 5.75 Å². The van der Waals surface area contributed by atoms with Gasteiger partial charge in [0.2, 0.25) is 0 Å². The molecule has 0 amide bonds. The molecule has 0 radical (unpaired) electrons. The van der Waals surface area contributed by atoms with Crippen molar-refractivity contribution >= 4 is 5.96 Å². The molecule has 0 bridgehead atoms. The second kappa shape index (κ2) is 9.94. The number of nitrogens with two attached hydrogens (primary N) is 1. The van der Waals surface area contributed by atoms with Gasteiger partial charge in [0.15, 0.2) is 5.96 Å². The minimum Gasteiger partial charge on any atom is -0.406 e. The smallest absolute Gasteiger partial charge is 0.406 e. The Morgan fingerprint density at radius 2 is 1.87 bits per heavy atom. The molecule has 5 nitrogen and oxygen atoms in total. The Morgan fingerprint density at radius 1 is 1.17 bits per heavy atom. The highest BCUT2D eigenvalue weighted by atomic mass is 19.4. The number of hydrogen-bond donors (Lipinski definition) is 2. The van der Waals surface area contributed by atoms with Crippen LogP contribution in [0.4, 0.5) is 13.2 Å². The summed E-state index contributed by atoms with van der Waals surface area (Å²) >= 11 is 0. The zero-order valence-corrected chi connectivity index (χ0v) is 13.0. The first-order chi connectivity index (χ1) is 10.9. The lowest BCUT2D eigenvalue weighted by molar-refractivity contribution is -0.274. The maximum Gasteiger partial charge on any atom is 0.573 e. The van der Waals surface area contributed by atoms with Crippen LogP contribution >= 0.6 is 0 Å². The predicted molar refractivity (Wildman–Crippen MR) is 82.2 cm³/mol. The standard InChI is InChI=1S/C15H22F3N3O2/c1-22-10-4-2-3-9-20-14(19)21-11-12-5-7-13(8-6-12)23-15(16,17)18/h5-8H,2-4,9-11H2,1H3,(H3,19,20,21). The number of aliphatic imine (C=N–C) groups is 1. The van der Waals surface area contributed by atoms with Crippen LogP contribution in [0.15, 0.2) is 29.3 Å². The number of alkyl halides is 3. The third kappa shape index (κ3) is 9.62. The highest BCUT2D eigenvalue weighted by molar-refractivity contribution is 5.77. The molecule has 0 aliphatic heterocycles. The average molecular weight is 333 g/mol. The van der Waals surface area contributed by atoms with Crippen molar-refractivity contribution in [2.75, 3.05) is 20.3 Å². The molecule has 8 heteroatoms. The molecule has 1 rings (SSSR count). The van der Waals surface area contributed by atoms with Crippen LogP contribution in [-0.4, -0.2) is 32.6 Å². The zero-order valence-electron chi connectivity index (χ0n) is 13.0. The third-order valence-corrected chi connectivity index (χ3v) is 2.92. The van der Waals surface area contributed by atoms with E-state index in [1.807, 2.05) is 0 Å². The number of benzene rings is 1. The van der Waals surface area contributed by atoms with Gasteiger partial charge >= 0.3 is 6.36 Å². The molecular weight excluding hydrogens is 311 g/mol. The summed E-state index contributed by atoms with van der Waals surface area (Å²) in [6, 6.07) is 5.53. The fourth-order valence-corrected chi connectivity index (χ4v) is 1.79. The summed E-state index contributed by atoms with van der Waals surface area (Å²) in [5.41, 5.74) is 6.46. The molecule has 1 aromatic rings. The van der Waals surface area contributed by atoms with Crippen LogP contribution < -0.4 is 15.8 Å². The number of rotatable bonds is 9. The summed E-state index contributed by atoms with van der Waals surface area (Å²) < 4.78 is 44.9. The Labute approximate surface area is 133 Å². The Kier molecular flexibility index (Phi) is 8.25. The molecule has 0 heterocycles. The number of hydrogen-bond acceptors (Lipinski definition) is 3. The van der Waals surface area contributed by atoms with Crippen LogP contribution in [0.5, 0.6) is 5.75 Å². The van der Waals surface area contributed by atoms with Gasteiger partial charge in [0.1, 0.15) is 5.75 Å². The second-order valence-corrected chi connectivity index (χ2v) is 4.87. The largest absolute Gasteiger partial charge is 0.573 e. The van der Waals surface area contributed by atoms with E-state index in [-0.39, 0.29) is 12.3 Å². The first-order valence-corrected chi connectivity index (χ1v) is 7.28. The maximum absolute atomic E-state index is 12.0. The van der Waals surface area contributed by atoms with Gasteiger partial charge in [0.25, 0.3) is 0 Å². The molecule has 3 N–H and O–H groups in total. The lowest BCUT2D eigenvalue weighted by atomic mass is 10.2. The van der Waals surface area contributed by atoms with Gasteiger partial charge in [0, 0.05) is 20.3 Å². The molecular formula is C15H22F3N3O2. The molecule has 0 spiro atoms. The molecule has 0 saturated carbocycles. The Hall–Kier alpha value is -1.96. The van der Waals surface area contributed by atoms with Gasteiger partial charge in [-0.25, -0.2) is 4.99 Å². The van der Waals surface area contributed by atoms with Crippen LogP contribution in [0.25, 0.3) is 0 Å². The van der Waals surface area contributed by atoms with Gasteiger partial charge in [-0.1, -0.05) is 12.1 Å². The molecule has 0 atom stereocenters. The first kappa shape index (κ1) is 19.1. The molecule has 23 heavy (non-hydrogen) atoms. The number of halogens is 3. The van der Waals surface area contributed by atoms with Crippen LogP contribution in [0.1, 0.15) is 24.8 Å². The van der Waals surface area contributed by atoms with Gasteiger partial charge in [-0.2, -0.15) is 0 Å². The maximum atomic E-state index is 12.0. The summed E-state index contributed by atoms with van der Waals surface area (Å²) in [4.78, 5) is 4.13. The van der Waals surface area contributed by atoms with Crippen molar-refractivity contribution in [2.45, 2.75) is 32.2 Å². The molecule has 0 aliphatic rings. The Balaban J connectivity index is 2.30. The molecule has 0 aromatic heterocycles. The lowest BCUT2D eigenvalue weighted by Crippen LogP contribution is -2.32. The summed E-state index contributed by atoms with van der Waals surface area (Å²) in [7, 11) is 1.67. The van der Waals surface area contributed by atoms with Gasteiger partial charge in [0.05, 0.1) is 6.54 Å². The molecule has 0 unspecified atom stereocenters. The van der Waals surface area contributed by atoms with E-state index >= 15 is 0 Å². The highest BCUT2D eigenvalue weighted by Gasteiger charge is 2.30. The molecule has 130 valence electrons. The first-order valence-electron chi connectivity index (χ1n) is 7.28. The van der Waals surface area contributed by atoms with E-state index in [9.17, 15) is 13.2 Å². The van der Waals surface area contributed by atoms with Crippen molar-refractivity contribution in [3.63, 3.8) is 0 Å². The normalized spacial score (nSPS) is 12.3. The summed E-state index contributed by atoms with van der Waals surface area (Å²) in [6.07, 6.45) is -1.68. The molecule has 0 saturated heterocycles. The Morgan fingerprint density at radius 3 is 2.48 bits per heavy atom. The minimum absolute atomic E-state index is 0.257. The van der Waals surface area contributed by atoms with E-state index < -0.39 is 6.36 Å². The van der Waals surface area contributed by atoms with Gasteiger partial charge in [-0.15, -0.1) is 13.2 Å². The monoisotopic (exact) mass is 333 g/mol. The number of methoxy groups -OCH3 is 1. The van der Waals surface area contributed by atoms with Crippen molar-refractivity contribution < 1.29 is 22.6 Å². The van der Waals surface area contributed by atoms with Gasteiger partial charge in [-0.05, 0) is 37.0 Å². The molecule has 0 fully saturated rings. The lowest BCUT2D eigenvalue weighted by Gasteiger charge is -2.09. The topological polar surface area (TPSA) is 68.9 Å². The van der Waals surface area contributed by atoms with Crippen molar-refractivity contribution in [1.29, 1.82) is 0 Å². The molecule has 1 aromatic carbocycles. The van der Waals surface area contributed by atoms with E-state index in [1.54, 1.807) is 7.11 Å². The highest BCUT2D eigenvalue weighted by Crippen LogP contribution is 2.22. The van der Waals surface area contributed by atoms with Crippen LogP contribution in [0.3, 0.4) is 0 Å². The minimum atomic E-state index is -4.68. The van der Waals surface area contributed by atoms with E-state index in [0.29, 0.717) is 5.96 Å².